The van der Waals surface area contributed by atoms with Gasteiger partial charge in [-0.25, -0.2) is 4.79 Å². The minimum atomic E-state index is -1.34. The number of nitrogens with zero attached hydrogens (tertiary/aromatic N) is 1. The molecule has 0 radical (unpaired) electrons. The molecular weight excluding hydrogens is 433 g/mol. The molecule has 3 rings (SSSR count). The van der Waals surface area contributed by atoms with E-state index in [-0.39, 0.29) is 37.4 Å². The Balaban J connectivity index is 0.00000289. The zero-order chi connectivity index (χ0) is 23.3. The van der Waals surface area contributed by atoms with Crippen LogP contribution in [0.15, 0.2) is 60.8 Å². The summed E-state index contributed by atoms with van der Waals surface area (Å²) >= 11 is 0. The first kappa shape index (κ1) is 26.3. The number of aryl methyl sites for hydroxylation is 1. The van der Waals surface area contributed by atoms with Gasteiger partial charge in [-0.1, -0.05) is 54.1 Å². The predicted octanol–water partition coefficient (Wildman–Crippen LogP) is -0.559. The minimum absolute atomic E-state index is 0. The number of ketones is 1. The number of hydrogen-bond acceptors (Lipinski definition) is 4. The fourth-order valence-corrected chi connectivity index (χ4v) is 3.38. The van der Waals surface area contributed by atoms with Gasteiger partial charge < -0.3 is 22.1 Å². The molecule has 0 bridgehead atoms. The maximum absolute atomic E-state index is 12.4. The van der Waals surface area contributed by atoms with Gasteiger partial charge in [-0.3, -0.25) is 14.4 Å². The minimum Gasteiger partial charge on any atom is -1.00 e. The first-order chi connectivity index (χ1) is 15.2. The van der Waals surface area contributed by atoms with Crippen LogP contribution in [-0.2, 0) is 20.8 Å². The summed E-state index contributed by atoms with van der Waals surface area (Å²) in [5.41, 5.74) is 3.99. The van der Waals surface area contributed by atoms with Crippen molar-refractivity contribution in [2.45, 2.75) is 31.8 Å². The van der Waals surface area contributed by atoms with E-state index in [0.717, 1.165) is 17.5 Å². The van der Waals surface area contributed by atoms with Gasteiger partial charge in [0.15, 0.2) is 11.8 Å². The molecule has 1 aliphatic rings. The Morgan fingerprint density at radius 3 is 2.21 bits per heavy atom. The van der Waals surface area contributed by atoms with Crippen LogP contribution in [0.1, 0.15) is 36.1 Å². The molecule has 2 aromatic carbocycles. The molecule has 2 atom stereocenters. The number of aliphatic carboxylic acids is 1. The summed E-state index contributed by atoms with van der Waals surface area (Å²) in [5, 5.41) is 14.2. The molecule has 9 heteroatoms. The third-order valence-corrected chi connectivity index (χ3v) is 5.21. The molecule has 3 amide bonds. The Hall–Kier alpha value is -2.94. The topological polar surface area (TPSA) is 116 Å². The van der Waals surface area contributed by atoms with Crippen LogP contribution in [0.4, 0.5) is 4.79 Å². The van der Waals surface area contributed by atoms with Gasteiger partial charge in [-0.2, -0.15) is 0 Å². The summed E-state index contributed by atoms with van der Waals surface area (Å²) < 4.78 is 0. The molecule has 0 saturated heterocycles. The third-order valence-electron chi connectivity index (χ3n) is 5.21. The van der Waals surface area contributed by atoms with Crippen LogP contribution < -0.4 is 40.2 Å². The fraction of sp³-hybridized carbons (Fsp3) is 0.250. The first-order valence-corrected chi connectivity index (χ1v) is 10.1. The van der Waals surface area contributed by atoms with Gasteiger partial charge in [-0.05, 0) is 30.0 Å². The molecule has 0 spiro atoms. The summed E-state index contributed by atoms with van der Waals surface area (Å²) in [4.78, 5) is 49.1. The second kappa shape index (κ2) is 11.8. The number of carbonyl (C=O) groups is 4. The Bertz CT molecular complexity index is 1060. The Morgan fingerprint density at radius 2 is 1.64 bits per heavy atom. The van der Waals surface area contributed by atoms with Crippen molar-refractivity contribution in [3.05, 3.63) is 83.1 Å². The SMILES string of the molecule is Cc1ccc(Cc2ccc([C@H](CC(=O)O)NC(=O)NC3C(=O)C=CN(C)C3=O)cc2)cc1.[H-].[Na+]. The Kier molecular flexibility index (Phi) is 9.40. The van der Waals surface area contributed by atoms with E-state index in [4.69, 9.17) is 0 Å². The van der Waals surface area contributed by atoms with Gasteiger partial charge in [0.1, 0.15) is 0 Å². The number of amides is 3. The van der Waals surface area contributed by atoms with Crippen LogP contribution in [0.5, 0.6) is 0 Å². The van der Waals surface area contributed by atoms with E-state index in [1.54, 1.807) is 12.1 Å². The summed E-state index contributed by atoms with van der Waals surface area (Å²) in [6.45, 7) is 2.03. The van der Waals surface area contributed by atoms with Crippen LogP contribution in [0, 0.1) is 6.92 Å². The molecule has 1 aliphatic heterocycles. The van der Waals surface area contributed by atoms with Gasteiger partial charge in [0.25, 0.3) is 5.91 Å². The average molecular weight is 459 g/mol. The van der Waals surface area contributed by atoms with Crippen molar-refractivity contribution in [1.82, 2.24) is 15.5 Å². The summed E-state index contributed by atoms with van der Waals surface area (Å²) in [6, 6.07) is 12.6. The predicted molar refractivity (Wildman–Crippen MR) is 119 cm³/mol. The smallest absolute Gasteiger partial charge is 1.00 e. The van der Waals surface area contributed by atoms with Crippen molar-refractivity contribution < 1.29 is 55.3 Å². The van der Waals surface area contributed by atoms with Crippen LogP contribution in [-0.4, -0.2) is 46.8 Å². The fourth-order valence-electron chi connectivity index (χ4n) is 3.38. The largest absolute Gasteiger partial charge is 1.00 e. The van der Waals surface area contributed by atoms with E-state index >= 15 is 0 Å². The molecule has 1 unspecified atom stereocenters. The molecule has 8 nitrogen and oxygen atoms in total. The van der Waals surface area contributed by atoms with Crippen molar-refractivity contribution in [2.75, 3.05) is 7.05 Å². The van der Waals surface area contributed by atoms with Crippen molar-refractivity contribution in [2.24, 2.45) is 0 Å². The van der Waals surface area contributed by atoms with E-state index in [2.05, 4.69) is 22.8 Å². The second-order valence-corrected chi connectivity index (χ2v) is 7.77. The zero-order valence-corrected chi connectivity index (χ0v) is 20.9. The van der Waals surface area contributed by atoms with E-state index in [0.29, 0.717) is 5.56 Å². The zero-order valence-electron chi connectivity index (χ0n) is 19.9. The van der Waals surface area contributed by atoms with E-state index in [1.807, 2.05) is 31.2 Å². The summed E-state index contributed by atoms with van der Waals surface area (Å²) in [7, 11) is 1.48. The average Bonchev–Trinajstić information content (AvgIpc) is 2.75. The number of carboxylic acids is 1. The number of carbonyl (C=O) groups excluding carboxylic acids is 3. The van der Waals surface area contributed by atoms with Gasteiger partial charge in [0.2, 0.25) is 0 Å². The number of hydrogen-bond donors (Lipinski definition) is 3. The normalized spacial score (nSPS) is 16.1. The monoisotopic (exact) mass is 459 g/mol. The Morgan fingerprint density at radius 1 is 1.06 bits per heavy atom. The molecular formula is C24H26N3NaO5. The Labute approximate surface area is 215 Å². The maximum Gasteiger partial charge on any atom is 1.00 e. The van der Waals surface area contributed by atoms with E-state index in [9.17, 15) is 24.3 Å². The van der Waals surface area contributed by atoms with Crippen LogP contribution >= 0.6 is 0 Å². The summed E-state index contributed by atoms with van der Waals surface area (Å²) in [5.74, 6) is -2.20. The van der Waals surface area contributed by atoms with Crippen molar-refractivity contribution >= 4 is 23.7 Å². The number of rotatable bonds is 7. The van der Waals surface area contributed by atoms with E-state index in [1.165, 1.54) is 29.8 Å². The first-order valence-electron chi connectivity index (χ1n) is 10.1. The van der Waals surface area contributed by atoms with E-state index < -0.39 is 35.8 Å². The molecule has 0 aromatic heterocycles. The maximum atomic E-state index is 12.4. The van der Waals surface area contributed by atoms with Crippen LogP contribution in [0.2, 0.25) is 0 Å². The van der Waals surface area contributed by atoms with Gasteiger partial charge in [0.05, 0.1) is 12.5 Å². The second-order valence-electron chi connectivity index (χ2n) is 7.77. The molecule has 168 valence electrons. The van der Waals surface area contributed by atoms with Crippen LogP contribution in [0.3, 0.4) is 0 Å². The molecule has 0 saturated carbocycles. The van der Waals surface area contributed by atoms with Crippen LogP contribution in [0.25, 0.3) is 0 Å². The number of nitrogens with one attached hydrogen (secondary N) is 2. The van der Waals surface area contributed by atoms with Crippen molar-refractivity contribution in [1.29, 1.82) is 0 Å². The molecule has 2 aromatic rings. The number of likely N-dealkylation sites (N-methyl/N-ethyl adjacent to an activating group) is 1. The number of urea groups is 1. The molecule has 0 aliphatic carbocycles. The third kappa shape index (κ3) is 7.28. The number of carboxylic acid groups (broad SMARTS) is 1. The molecule has 3 N–H and O–H groups in total. The van der Waals surface area contributed by atoms with Crippen molar-refractivity contribution in [3.8, 4) is 0 Å². The quantitative estimate of drug-likeness (QED) is 0.379. The molecule has 0 fully saturated rings. The number of benzene rings is 2. The summed E-state index contributed by atoms with van der Waals surface area (Å²) in [6.07, 6.45) is 2.90. The molecule has 1 heterocycles. The molecule has 33 heavy (non-hydrogen) atoms. The standard InChI is InChI=1S/C24H25N3O5.Na.H/c1-15-3-5-16(6-4-15)13-17-7-9-18(10-8-17)19(14-21(29)30)25-24(32)26-22-20(28)11-12-27(2)23(22)31;;/h3-12,19,22H,13-14H2,1-2H3,(H,29,30)(H2,25,26,32);;/q;+1;-1/t19-,22?;;/m0../s1. The van der Waals surface area contributed by atoms with Gasteiger partial charge >= 0.3 is 41.6 Å². The van der Waals surface area contributed by atoms with Crippen molar-refractivity contribution in [3.63, 3.8) is 0 Å². The van der Waals surface area contributed by atoms with Gasteiger partial charge in [0, 0.05) is 19.3 Å². The van der Waals surface area contributed by atoms with Gasteiger partial charge in [-0.15, -0.1) is 0 Å².